The first-order valence-electron chi connectivity index (χ1n) is 13.3. The van der Waals surface area contributed by atoms with Gasteiger partial charge in [0.25, 0.3) is 5.91 Å². The van der Waals surface area contributed by atoms with E-state index in [0.29, 0.717) is 12.1 Å². The number of anilines is 1. The summed E-state index contributed by atoms with van der Waals surface area (Å²) in [7, 11) is -10.1. The van der Waals surface area contributed by atoms with Crippen LogP contribution in [0.1, 0.15) is 51.1 Å². The van der Waals surface area contributed by atoms with Crippen LogP contribution in [-0.2, 0) is 14.3 Å². The number of hydrogen-bond donors (Lipinski definition) is 1. The number of nitriles is 1. The van der Waals surface area contributed by atoms with Crippen LogP contribution in [0.3, 0.4) is 0 Å². The fourth-order valence-corrected chi connectivity index (χ4v) is 5.77. The van der Waals surface area contributed by atoms with Crippen LogP contribution in [0.15, 0.2) is 53.7 Å². The van der Waals surface area contributed by atoms with Crippen LogP contribution in [0.25, 0.3) is 0 Å². The van der Waals surface area contributed by atoms with Crippen LogP contribution in [-0.4, -0.2) is 58.5 Å². The van der Waals surface area contributed by atoms with Crippen molar-refractivity contribution in [2.24, 2.45) is 0 Å². The Bertz CT molecular complexity index is 1390. The summed E-state index contributed by atoms with van der Waals surface area (Å²) in [5.74, 6) is -4.71. The average molecular weight is 638 g/mol. The van der Waals surface area contributed by atoms with Crippen molar-refractivity contribution >= 4 is 27.7 Å². The van der Waals surface area contributed by atoms with E-state index in [1.165, 1.54) is 24.5 Å². The van der Waals surface area contributed by atoms with Crippen molar-refractivity contribution < 1.29 is 42.5 Å². The van der Waals surface area contributed by atoms with E-state index >= 15 is 0 Å². The third-order valence-electron chi connectivity index (χ3n) is 7.34. The van der Waals surface area contributed by atoms with E-state index in [9.17, 15) is 43.1 Å². The Morgan fingerprint density at radius 2 is 1.74 bits per heavy atom. The van der Waals surface area contributed by atoms with Crippen molar-refractivity contribution in [2.75, 3.05) is 18.1 Å². The van der Waals surface area contributed by atoms with Gasteiger partial charge < -0.3 is 10.1 Å². The topological polar surface area (TPSA) is 98.6 Å². The van der Waals surface area contributed by atoms with Crippen molar-refractivity contribution in [3.63, 3.8) is 0 Å². The molecule has 1 saturated carbocycles. The highest BCUT2D eigenvalue weighted by atomic mass is 32.5. The highest BCUT2D eigenvalue weighted by Crippen LogP contribution is 3.02. The van der Waals surface area contributed by atoms with Gasteiger partial charge in [-0.05, 0) is 57.0 Å². The molecule has 236 valence electrons. The molecule has 43 heavy (non-hydrogen) atoms. The number of benzene rings is 1. The number of nitrogens with zero attached hydrogens (tertiary/aromatic N) is 4. The second kappa shape index (κ2) is 10.5. The van der Waals surface area contributed by atoms with Gasteiger partial charge in [0.2, 0.25) is 11.8 Å². The number of carbonyl (C=O) groups excluding carboxylic acids is 2. The Balaban J connectivity index is 1.80. The molecule has 4 rings (SSSR count). The predicted molar refractivity (Wildman–Crippen MR) is 144 cm³/mol. The molecule has 16 heteroatoms. The van der Waals surface area contributed by atoms with Crippen molar-refractivity contribution in [2.45, 2.75) is 74.1 Å². The Morgan fingerprint density at radius 1 is 1.12 bits per heavy atom. The fraction of sp³-hybridized carbons (Fsp3) is 0.481. The summed E-state index contributed by atoms with van der Waals surface area (Å²) in [5.41, 5.74) is -1.12. The summed E-state index contributed by atoms with van der Waals surface area (Å²) in [6, 6.07) is 0.664. The molecular formula is C27H30F7N5O3S. The maximum atomic E-state index is 14.2. The van der Waals surface area contributed by atoms with Crippen molar-refractivity contribution in [1.29, 1.82) is 5.26 Å². The van der Waals surface area contributed by atoms with Gasteiger partial charge in [-0.15, -0.1) is 0 Å². The van der Waals surface area contributed by atoms with E-state index in [0.717, 1.165) is 9.80 Å². The van der Waals surface area contributed by atoms with Crippen LogP contribution in [0, 0.1) is 11.5 Å². The molecule has 0 spiro atoms. The maximum Gasteiger partial charge on any atom is 0.310 e. The van der Waals surface area contributed by atoms with Gasteiger partial charge in [-0.1, -0.05) is 25.5 Å². The summed E-state index contributed by atoms with van der Waals surface area (Å²) in [4.78, 5) is 31.7. The molecule has 2 fully saturated rings. The molecule has 2 heterocycles. The zero-order valence-electron chi connectivity index (χ0n) is 23.2. The van der Waals surface area contributed by atoms with Gasteiger partial charge in [0.1, 0.15) is 17.0 Å². The first kappa shape index (κ1) is 32.3. The smallest absolute Gasteiger partial charge is 0.310 e. The number of amides is 2. The lowest BCUT2D eigenvalue weighted by atomic mass is 9.91. The Hall–Kier alpha value is -3.58. The number of pyridine rings is 1. The highest BCUT2D eigenvalue weighted by molar-refractivity contribution is 8.45. The number of rotatable bonds is 7. The Morgan fingerprint density at radius 3 is 2.28 bits per heavy atom. The lowest BCUT2D eigenvalue weighted by Gasteiger charge is -2.43. The van der Waals surface area contributed by atoms with Gasteiger partial charge >= 0.3 is 10.2 Å². The summed E-state index contributed by atoms with van der Waals surface area (Å²) in [6.07, 6.45) is 3.38. The lowest BCUT2D eigenvalue weighted by molar-refractivity contribution is -0.141. The zero-order chi connectivity index (χ0) is 31.9. The molecule has 2 aromatic rings. The number of ether oxygens (including phenoxy) is 1. The molecule has 1 aliphatic carbocycles. The van der Waals surface area contributed by atoms with Crippen LogP contribution in [0.2, 0.25) is 0 Å². The SMILES string of the molecule is CC1(C)CN(C#N)[C@@H](C(=O)N(c2ccc(S(F)(F)(F)(F)F)cc2)[C@@H](C(=O)NC2CCC(F)(F)CC2)c2cccnc2)CO1. The van der Waals surface area contributed by atoms with Crippen LogP contribution in [0.5, 0.6) is 0 Å². The molecule has 1 aliphatic heterocycles. The number of alkyl halides is 2. The number of halogens is 7. The Labute approximate surface area is 243 Å². The summed E-state index contributed by atoms with van der Waals surface area (Å²) >= 11 is 0. The fourth-order valence-electron chi connectivity index (χ4n) is 5.12. The number of carbonyl (C=O) groups is 2. The quantitative estimate of drug-likeness (QED) is 0.276. The Kier molecular flexibility index (Phi) is 7.93. The second-order valence-electron chi connectivity index (χ2n) is 11.3. The normalized spacial score (nSPS) is 22.8. The summed E-state index contributed by atoms with van der Waals surface area (Å²) in [5, 5.41) is 12.4. The third kappa shape index (κ3) is 7.69. The molecule has 0 unspecified atom stereocenters. The largest absolute Gasteiger partial charge is 0.371 e. The van der Waals surface area contributed by atoms with Gasteiger partial charge in [-0.2, -0.15) is 5.26 Å². The first-order chi connectivity index (χ1) is 19.7. The molecule has 1 aromatic carbocycles. The number of hydrogen-bond acceptors (Lipinski definition) is 6. The van der Waals surface area contributed by atoms with E-state index in [1.54, 1.807) is 13.8 Å². The molecule has 0 radical (unpaired) electrons. The number of morpholine rings is 1. The molecule has 1 aromatic heterocycles. The van der Waals surface area contributed by atoms with Crippen molar-refractivity contribution in [1.82, 2.24) is 15.2 Å². The van der Waals surface area contributed by atoms with Gasteiger partial charge in [-0.3, -0.25) is 24.4 Å². The molecule has 1 saturated heterocycles. The first-order valence-corrected chi connectivity index (χ1v) is 15.2. The van der Waals surface area contributed by atoms with Crippen molar-refractivity contribution in [3.05, 3.63) is 54.4 Å². The van der Waals surface area contributed by atoms with Crippen molar-refractivity contribution in [3.8, 4) is 6.19 Å². The predicted octanol–water partition coefficient (Wildman–Crippen LogP) is 6.47. The molecule has 2 atom stereocenters. The molecule has 1 N–H and O–H groups in total. The van der Waals surface area contributed by atoms with E-state index in [-0.39, 0.29) is 49.4 Å². The average Bonchev–Trinajstić information content (AvgIpc) is 2.91. The maximum absolute atomic E-state index is 14.2. The van der Waals surface area contributed by atoms with E-state index in [2.05, 4.69) is 10.3 Å². The number of aromatic nitrogens is 1. The summed E-state index contributed by atoms with van der Waals surface area (Å²) in [6.45, 7) is 2.97. The van der Waals surface area contributed by atoms with Gasteiger partial charge in [-0.25, -0.2) is 8.78 Å². The van der Waals surface area contributed by atoms with E-state index < -0.39 is 69.4 Å². The van der Waals surface area contributed by atoms with E-state index in [4.69, 9.17) is 4.74 Å². The minimum atomic E-state index is -10.1. The molecule has 2 amide bonds. The van der Waals surface area contributed by atoms with Gasteiger partial charge in [0.05, 0.1) is 18.8 Å². The minimum absolute atomic E-state index is 0.0447. The second-order valence-corrected chi connectivity index (χ2v) is 13.7. The van der Waals surface area contributed by atoms with Gasteiger partial charge in [0.15, 0.2) is 6.19 Å². The minimum Gasteiger partial charge on any atom is -0.371 e. The molecule has 8 nitrogen and oxygen atoms in total. The molecular weight excluding hydrogens is 607 g/mol. The third-order valence-corrected chi connectivity index (χ3v) is 8.50. The highest BCUT2D eigenvalue weighted by Gasteiger charge is 2.65. The molecule has 2 aliphatic rings. The van der Waals surface area contributed by atoms with Gasteiger partial charge in [0, 0.05) is 42.5 Å². The molecule has 0 bridgehead atoms. The number of nitrogens with one attached hydrogen (secondary N) is 1. The van der Waals surface area contributed by atoms with Crippen LogP contribution in [0.4, 0.5) is 33.9 Å². The summed E-state index contributed by atoms with van der Waals surface area (Å²) < 4.78 is 101. The zero-order valence-corrected chi connectivity index (χ0v) is 24.0. The lowest BCUT2D eigenvalue weighted by Crippen LogP contribution is -2.60. The van der Waals surface area contributed by atoms with Crippen LogP contribution < -0.4 is 10.2 Å². The van der Waals surface area contributed by atoms with E-state index in [1.807, 2.05) is 6.19 Å². The standard InChI is InChI=1S/C27H30F7N5O3S/c1-26(2)16-38(17-35)22(15-42-26)25(41)39(20-5-7-21(8-6-20)43(30,31,32,33)34)23(18-4-3-13-36-14-18)24(40)37-19-9-11-27(28,29)12-10-19/h3-8,13-14,19,22-23H,9-12,15-16H2,1-2H3,(H,37,40)/t22-,23-/m1/s1. The van der Waals surface area contributed by atoms with Crippen LogP contribution >= 0.6 is 10.2 Å². The monoisotopic (exact) mass is 637 g/mol.